The summed E-state index contributed by atoms with van der Waals surface area (Å²) in [5.41, 5.74) is 1.31. The number of rotatable bonds is 6. The molecule has 4 heteroatoms. The second-order valence-electron chi connectivity index (χ2n) is 7.07. The summed E-state index contributed by atoms with van der Waals surface area (Å²) in [7, 11) is 1.78. The summed E-state index contributed by atoms with van der Waals surface area (Å²) in [4.78, 5) is 14.5. The molecule has 0 aromatic heterocycles. The van der Waals surface area contributed by atoms with Crippen molar-refractivity contribution in [3.63, 3.8) is 0 Å². The Bertz CT molecular complexity index is 513. The molecule has 1 amide bonds. The van der Waals surface area contributed by atoms with Crippen molar-refractivity contribution < 1.29 is 14.3 Å². The lowest BCUT2D eigenvalue weighted by Gasteiger charge is -2.38. The minimum Gasteiger partial charge on any atom is -0.381 e. The molecule has 24 heavy (non-hydrogen) atoms. The third-order valence-corrected chi connectivity index (χ3v) is 5.41. The number of hydrogen-bond donors (Lipinski definition) is 0. The average Bonchev–Trinajstić information content (AvgIpc) is 3.14. The molecule has 1 heterocycles. The van der Waals surface area contributed by atoms with E-state index in [0.717, 1.165) is 38.8 Å². The Morgan fingerprint density at radius 1 is 1.17 bits per heavy atom. The van der Waals surface area contributed by atoms with Crippen molar-refractivity contribution in [1.29, 1.82) is 0 Å². The van der Waals surface area contributed by atoms with Crippen LogP contribution in [0.25, 0.3) is 0 Å². The maximum atomic E-state index is 12.5. The van der Waals surface area contributed by atoms with E-state index in [1.165, 1.54) is 18.4 Å². The molecule has 2 aliphatic rings. The van der Waals surface area contributed by atoms with Crippen molar-refractivity contribution >= 4 is 5.91 Å². The van der Waals surface area contributed by atoms with E-state index in [1.54, 1.807) is 7.11 Å². The maximum Gasteiger partial charge on any atom is 0.248 e. The molecule has 0 spiro atoms. The lowest BCUT2D eigenvalue weighted by Crippen LogP contribution is -2.48. The third kappa shape index (κ3) is 4.58. The molecule has 1 aliphatic heterocycles. The molecule has 3 rings (SSSR count). The number of likely N-dealkylation sites (tertiary alicyclic amines) is 1. The van der Waals surface area contributed by atoms with Gasteiger partial charge in [-0.2, -0.15) is 0 Å². The highest BCUT2D eigenvalue weighted by Crippen LogP contribution is 2.25. The van der Waals surface area contributed by atoms with Gasteiger partial charge in [-0.3, -0.25) is 4.79 Å². The third-order valence-electron chi connectivity index (χ3n) is 5.41. The van der Waals surface area contributed by atoms with Gasteiger partial charge in [-0.15, -0.1) is 0 Å². The molecule has 2 atom stereocenters. The van der Waals surface area contributed by atoms with Gasteiger partial charge in [0, 0.05) is 26.1 Å². The van der Waals surface area contributed by atoms with Gasteiger partial charge in [0.2, 0.25) is 5.91 Å². The van der Waals surface area contributed by atoms with Crippen LogP contribution in [-0.2, 0) is 20.7 Å². The Labute approximate surface area is 145 Å². The van der Waals surface area contributed by atoms with Crippen LogP contribution in [0.4, 0.5) is 0 Å². The van der Waals surface area contributed by atoms with Crippen LogP contribution >= 0.6 is 0 Å². The number of carbonyl (C=O) groups excluding carboxylic acids is 1. The van der Waals surface area contributed by atoms with Gasteiger partial charge in [0.1, 0.15) is 6.61 Å². The van der Waals surface area contributed by atoms with E-state index < -0.39 is 0 Å². The van der Waals surface area contributed by atoms with E-state index in [2.05, 4.69) is 24.3 Å². The van der Waals surface area contributed by atoms with Crippen molar-refractivity contribution in [3.8, 4) is 0 Å². The van der Waals surface area contributed by atoms with Crippen LogP contribution < -0.4 is 0 Å². The molecule has 132 valence electrons. The first kappa shape index (κ1) is 17.4. The SMILES string of the molecule is CO[C@@H]1CCN(C(=O)COC2CCCC2)C[C@H]1Cc1ccccc1. The quantitative estimate of drug-likeness (QED) is 0.804. The van der Waals surface area contributed by atoms with Crippen LogP contribution in [-0.4, -0.2) is 49.8 Å². The van der Waals surface area contributed by atoms with E-state index >= 15 is 0 Å². The van der Waals surface area contributed by atoms with Crippen LogP contribution in [0.5, 0.6) is 0 Å². The molecular formula is C20H29NO3. The Morgan fingerprint density at radius 2 is 1.92 bits per heavy atom. The standard InChI is InChI=1S/C20H29NO3/c1-23-19-11-12-21(20(22)15-24-18-9-5-6-10-18)14-17(19)13-16-7-3-2-4-8-16/h2-4,7-8,17-19H,5-6,9-15H2,1H3/t17-,19-/m1/s1. The van der Waals surface area contributed by atoms with Crippen LogP contribution in [0.2, 0.25) is 0 Å². The van der Waals surface area contributed by atoms with Crippen molar-refractivity contribution in [1.82, 2.24) is 4.90 Å². The molecule has 0 bridgehead atoms. The van der Waals surface area contributed by atoms with Gasteiger partial charge in [-0.05, 0) is 31.2 Å². The number of methoxy groups -OCH3 is 1. The summed E-state index contributed by atoms with van der Waals surface area (Å²) in [5.74, 6) is 0.482. The second-order valence-corrected chi connectivity index (χ2v) is 7.07. The van der Waals surface area contributed by atoms with Crippen molar-refractivity contribution in [2.75, 3.05) is 26.8 Å². The fraction of sp³-hybridized carbons (Fsp3) is 0.650. The largest absolute Gasteiger partial charge is 0.381 e. The number of piperidine rings is 1. The van der Waals surface area contributed by atoms with Gasteiger partial charge in [-0.1, -0.05) is 43.2 Å². The number of amides is 1. The summed E-state index contributed by atoms with van der Waals surface area (Å²) in [6.45, 7) is 1.78. The minimum atomic E-state index is 0.134. The Hall–Kier alpha value is -1.39. The zero-order chi connectivity index (χ0) is 16.8. The fourth-order valence-electron chi connectivity index (χ4n) is 4.00. The van der Waals surface area contributed by atoms with Crippen LogP contribution in [0.3, 0.4) is 0 Å². The van der Waals surface area contributed by atoms with E-state index in [1.807, 2.05) is 11.0 Å². The summed E-state index contributed by atoms with van der Waals surface area (Å²) >= 11 is 0. The Morgan fingerprint density at radius 3 is 2.62 bits per heavy atom. The molecule has 1 saturated heterocycles. The Kier molecular flexibility index (Phi) is 6.27. The first-order chi connectivity index (χ1) is 11.8. The summed E-state index contributed by atoms with van der Waals surface area (Å²) in [6, 6.07) is 10.5. The lowest BCUT2D eigenvalue weighted by atomic mass is 9.88. The summed E-state index contributed by atoms with van der Waals surface area (Å²) in [5, 5.41) is 0. The van der Waals surface area contributed by atoms with Gasteiger partial charge in [0.15, 0.2) is 0 Å². The highest BCUT2D eigenvalue weighted by Gasteiger charge is 2.32. The van der Waals surface area contributed by atoms with E-state index in [-0.39, 0.29) is 18.6 Å². The van der Waals surface area contributed by atoms with E-state index in [4.69, 9.17) is 9.47 Å². The van der Waals surface area contributed by atoms with E-state index in [9.17, 15) is 4.79 Å². The summed E-state index contributed by atoms with van der Waals surface area (Å²) < 4.78 is 11.5. The molecule has 2 fully saturated rings. The number of ether oxygens (including phenoxy) is 2. The predicted octanol–water partition coefficient (Wildman–Crippen LogP) is 3.05. The number of benzene rings is 1. The van der Waals surface area contributed by atoms with Gasteiger partial charge in [-0.25, -0.2) is 0 Å². The van der Waals surface area contributed by atoms with Gasteiger partial charge in [0.25, 0.3) is 0 Å². The highest BCUT2D eigenvalue weighted by molar-refractivity contribution is 5.77. The zero-order valence-electron chi connectivity index (χ0n) is 14.7. The molecule has 1 saturated carbocycles. The minimum absolute atomic E-state index is 0.134. The van der Waals surface area contributed by atoms with Gasteiger partial charge in [0.05, 0.1) is 12.2 Å². The molecule has 0 N–H and O–H groups in total. The average molecular weight is 331 g/mol. The van der Waals surface area contributed by atoms with Crippen LogP contribution in [0, 0.1) is 5.92 Å². The number of hydrogen-bond acceptors (Lipinski definition) is 3. The van der Waals surface area contributed by atoms with Crippen molar-refractivity contribution in [2.24, 2.45) is 5.92 Å². The normalized spacial score (nSPS) is 25.1. The molecule has 4 nitrogen and oxygen atoms in total. The van der Waals surface area contributed by atoms with Crippen molar-refractivity contribution in [3.05, 3.63) is 35.9 Å². The van der Waals surface area contributed by atoms with Crippen molar-refractivity contribution in [2.45, 2.75) is 50.7 Å². The zero-order valence-corrected chi connectivity index (χ0v) is 14.7. The molecule has 1 aromatic rings. The monoisotopic (exact) mass is 331 g/mol. The first-order valence-electron chi connectivity index (χ1n) is 9.22. The predicted molar refractivity (Wildman–Crippen MR) is 93.8 cm³/mol. The number of carbonyl (C=O) groups is 1. The maximum absolute atomic E-state index is 12.5. The highest BCUT2D eigenvalue weighted by atomic mass is 16.5. The van der Waals surface area contributed by atoms with Crippen LogP contribution in [0.1, 0.15) is 37.7 Å². The number of nitrogens with zero attached hydrogens (tertiary/aromatic N) is 1. The van der Waals surface area contributed by atoms with Crippen LogP contribution in [0.15, 0.2) is 30.3 Å². The molecule has 1 aliphatic carbocycles. The summed E-state index contributed by atoms with van der Waals surface area (Å²) in [6.07, 6.45) is 7.06. The Balaban J connectivity index is 1.54. The van der Waals surface area contributed by atoms with Gasteiger partial charge >= 0.3 is 0 Å². The molecule has 0 radical (unpaired) electrons. The van der Waals surface area contributed by atoms with Gasteiger partial charge < -0.3 is 14.4 Å². The van der Waals surface area contributed by atoms with E-state index in [0.29, 0.717) is 12.0 Å². The fourth-order valence-corrected chi connectivity index (χ4v) is 4.00. The lowest BCUT2D eigenvalue weighted by molar-refractivity contribution is -0.142. The smallest absolute Gasteiger partial charge is 0.248 e. The topological polar surface area (TPSA) is 38.8 Å². The first-order valence-corrected chi connectivity index (χ1v) is 9.22. The molecule has 1 aromatic carbocycles. The molecule has 0 unspecified atom stereocenters. The molecular weight excluding hydrogens is 302 g/mol. The second kappa shape index (κ2) is 8.63.